The monoisotopic (exact) mass is 398 g/mol. The van der Waals surface area contributed by atoms with Crippen molar-refractivity contribution in [3.8, 4) is 0 Å². The largest absolute Gasteiger partial charge is 0.478 e. The van der Waals surface area contributed by atoms with E-state index in [9.17, 15) is 9.59 Å². The van der Waals surface area contributed by atoms with Crippen LogP contribution in [0.2, 0.25) is 0 Å². The van der Waals surface area contributed by atoms with E-state index in [2.05, 4.69) is 9.80 Å². The first kappa shape index (κ1) is 22.8. The molecular formula is C20H34N2O6. The number of unbranched alkanes of at least 4 members (excludes halogenated alkanes) is 3. The number of carbonyl (C=O) groups is 2. The van der Waals surface area contributed by atoms with E-state index in [1.807, 2.05) is 0 Å². The minimum absolute atomic E-state index is 0.252. The van der Waals surface area contributed by atoms with Gasteiger partial charge in [-0.25, -0.2) is 9.59 Å². The average Bonchev–Trinajstić information content (AvgIpc) is 2.71. The van der Waals surface area contributed by atoms with Crippen LogP contribution in [-0.2, 0) is 23.8 Å². The Labute approximate surface area is 167 Å². The number of esters is 1. The Morgan fingerprint density at radius 2 is 1.43 bits per heavy atom. The number of carbonyl (C=O) groups excluding carboxylic acids is 1. The lowest BCUT2D eigenvalue weighted by Gasteiger charge is -2.26. The van der Waals surface area contributed by atoms with E-state index < -0.39 is 11.9 Å². The Balaban J connectivity index is 1.60. The highest BCUT2D eigenvalue weighted by Gasteiger charge is 2.15. The summed E-state index contributed by atoms with van der Waals surface area (Å²) in [7, 11) is 0. The number of carboxylic acid groups (broad SMARTS) is 1. The fraction of sp³-hybridized carbons (Fsp3) is 0.800. The van der Waals surface area contributed by atoms with Crippen LogP contribution < -0.4 is 0 Å². The van der Waals surface area contributed by atoms with Crippen LogP contribution >= 0.6 is 0 Å². The zero-order chi connectivity index (χ0) is 20.0. The first-order valence-electron chi connectivity index (χ1n) is 10.4. The lowest BCUT2D eigenvalue weighted by molar-refractivity contribution is -0.140. The van der Waals surface area contributed by atoms with Gasteiger partial charge in [-0.1, -0.05) is 12.8 Å². The standard InChI is InChI=1S/C20H34N2O6/c23-19(24)17-18(20(25)28-16-11-22-9-14-27-15-10-22)5-3-1-2-4-6-21-7-12-26-13-8-21/h17H,1-16H2,(H,23,24)/b18-17+. The lowest BCUT2D eigenvalue weighted by atomic mass is 10.1. The van der Waals surface area contributed by atoms with Gasteiger partial charge in [-0.05, 0) is 25.8 Å². The van der Waals surface area contributed by atoms with Crippen molar-refractivity contribution < 1.29 is 28.9 Å². The van der Waals surface area contributed by atoms with Crippen LogP contribution in [0.15, 0.2) is 11.6 Å². The second kappa shape index (κ2) is 13.7. The molecule has 2 heterocycles. The van der Waals surface area contributed by atoms with Gasteiger partial charge in [-0.15, -0.1) is 0 Å². The van der Waals surface area contributed by atoms with Crippen LogP contribution in [0.4, 0.5) is 0 Å². The maximum Gasteiger partial charge on any atom is 0.334 e. The number of nitrogens with zero attached hydrogens (tertiary/aromatic N) is 2. The third kappa shape index (κ3) is 9.64. The van der Waals surface area contributed by atoms with Gasteiger partial charge < -0.3 is 19.3 Å². The Morgan fingerprint density at radius 1 is 0.857 bits per heavy atom. The zero-order valence-electron chi connectivity index (χ0n) is 16.8. The molecule has 0 atom stereocenters. The Morgan fingerprint density at radius 3 is 2.04 bits per heavy atom. The molecular weight excluding hydrogens is 364 g/mol. The summed E-state index contributed by atoms with van der Waals surface area (Å²) in [5, 5.41) is 9.03. The van der Waals surface area contributed by atoms with Crippen molar-refractivity contribution in [1.82, 2.24) is 9.80 Å². The summed E-state index contributed by atoms with van der Waals surface area (Å²) in [6, 6.07) is 0. The molecule has 160 valence electrons. The normalized spacial score (nSPS) is 19.5. The van der Waals surface area contributed by atoms with Gasteiger partial charge in [0.05, 0.1) is 26.4 Å². The summed E-state index contributed by atoms with van der Waals surface area (Å²) in [6.45, 7) is 8.70. The smallest absolute Gasteiger partial charge is 0.334 e. The number of hydrogen-bond acceptors (Lipinski definition) is 7. The first-order valence-corrected chi connectivity index (χ1v) is 10.4. The summed E-state index contributed by atoms with van der Waals surface area (Å²) in [5.41, 5.74) is 0.252. The molecule has 0 amide bonds. The van der Waals surface area contributed by atoms with Gasteiger partial charge in [0.1, 0.15) is 6.61 Å². The van der Waals surface area contributed by atoms with Gasteiger partial charge in [-0.2, -0.15) is 0 Å². The van der Waals surface area contributed by atoms with Crippen molar-refractivity contribution in [2.45, 2.75) is 32.1 Å². The summed E-state index contributed by atoms with van der Waals surface area (Å²) in [5.74, 6) is -1.61. The fourth-order valence-electron chi connectivity index (χ4n) is 3.40. The number of hydrogen-bond donors (Lipinski definition) is 1. The minimum atomic E-state index is -1.10. The molecule has 0 saturated carbocycles. The van der Waals surface area contributed by atoms with E-state index in [-0.39, 0.29) is 12.2 Å². The number of rotatable bonds is 12. The number of ether oxygens (including phenoxy) is 3. The maximum absolute atomic E-state index is 12.2. The first-order chi connectivity index (χ1) is 13.6. The van der Waals surface area contributed by atoms with Crippen molar-refractivity contribution in [2.75, 3.05) is 72.3 Å². The topological polar surface area (TPSA) is 88.5 Å². The van der Waals surface area contributed by atoms with Gasteiger partial charge >= 0.3 is 11.9 Å². The molecule has 2 fully saturated rings. The summed E-state index contributed by atoms with van der Waals surface area (Å²) in [4.78, 5) is 27.8. The SMILES string of the molecule is O=C(O)/C=C(\CCCCCCN1CCOCC1)C(=O)OCCN1CCOCC1. The van der Waals surface area contributed by atoms with Crippen LogP contribution in [0.25, 0.3) is 0 Å². The average molecular weight is 399 g/mol. The van der Waals surface area contributed by atoms with Gasteiger partial charge in [0.15, 0.2) is 0 Å². The molecule has 0 aromatic heterocycles. The third-order valence-corrected chi connectivity index (χ3v) is 5.08. The second-order valence-corrected chi connectivity index (χ2v) is 7.22. The van der Waals surface area contributed by atoms with E-state index >= 15 is 0 Å². The molecule has 0 spiro atoms. The minimum Gasteiger partial charge on any atom is -0.478 e. The fourth-order valence-corrected chi connectivity index (χ4v) is 3.40. The zero-order valence-corrected chi connectivity index (χ0v) is 16.8. The molecule has 2 rings (SSSR count). The van der Waals surface area contributed by atoms with E-state index in [0.717, 1.165) is 77.7 Å². The molecule has 2 saturated heterocycles. The Bertz CT molecular complexity index is 499. The van der Waals surface area contributed by atoms with Crippen LogP contribution in [0, 0.1) is 0 Å². The van der Waals surface area contributed by atoms with Crippen molar-refractivity contribution in [2.24, 2.45) is 0 Å². The molecule has 0 aromatic rings. The Kier molecular flexibility index (Phi) is 11.1. The summed E-state index contributed by atoms with van der Waals surface area (Å²) in [6.07, 6.45) is 5.39. The molecule has 8 heteroatoms. The van der Waals surface area contributed by atoms with Crippen LogP contribution in [0.5, 0.6) is 0 Å². The molecule has 1 N–H and O–H groups in total. The molecule has 0 aromatic carbocycles. The second-order valence-electron chi connectivity index (χ2n) is 7.22. The lowest BCUT2D eigenvalue weighted by Crippen LogP contribution is -2.38. The number of aliphatic carboxylic acids is 1. The van der Waals surface area contributed by atoms with Crippen LogP contribution in [0.3, 0.4) is 0 Å². The molecule has 2 aliphatic heterocycles. The molecule has 2 aliphatic rings. The highest BCUT2D eigenvalue weighted by atomic mass is 16.5. The highest BCUT2D eigenvalue weighted by Crippen LogP contribution is 2.13. The van der Waals surface area contributed by atoms with Crippen molar-refractivity contribution in [1.29, 1.82) is 0 Å². The molecule has 28 heavy (non-hydrogen) atoms. The summed E-state index contributed by atoms with van der Waals surface area (Å²) >= 11 is 0. The quantitative estimate of drug-likeness (QED) is 0.298. The van der Waals surface area contributed by atoms with Crippen LogP contribution in [0.1, 0.15) is 32.1 Å². The van der Waals surface area contributed by atoms with Crippen molar-refractivity contribution in [3.05, 3.63) is 11.6 Å². The molecule has 0 radical (unpaired) electrons. The molecule has 0 aliphatic carbocycles. The molecule has 0 bridgehead atoms. The van der Waals surface area contributed by atoms with E-state index in [1.165, 1.54) is 0 Å². The molecule has 0 unspecified atom stereocenters. The van der Waals surface area contributed by atoms with E-state index in [4.69, 9.17) is 19.3 Å². The Hall–Kier alpha value is -1.48. The maximum atomic E-state index is 12.2. The molecule has 8 nitrogen and oxygen atoms in total. The van der Waals surface area contributed by atoms with Gasteiger partial charge in [-0.3, -0.25) is 9.80 Å². The highest BCUT2D eigenvalue weighted by molar-refractivity contribution is 5.95. The van der Waals surface area contributed by atoms with E-state index in [1.54, 1.807) is 0 Å². The summed E-state index contributed by atoms with van der Waals surface area (Å²) < 4.78 is 15.9. The number of morpholine rings is 2. The number of carboxylic acids is 1. The van der Waals surface area contributed by atoms with Crippen molar-refractivity contribution in [3.63, 3.8) is 0 Å². The van der Waals surface area contributed by atoms with Crippen molar-refractivity contribution >= 4 is 11.9 Å². The van der Waals surface area contributed by atoms with Gasteiger partial charge in [0, 0.05) is 44.4 Å². The van der Waals surface area contributed by atoms with E-state index in [0.29, 0.717) is 26.2 Å². The predicted molar refractivity (Wildman–Crippen MR) is 104 cm³/mol. The van der Waals surface area contributed by atoms with Gasteiger partial charge in [0.25, 0.3) is 0 Å². The third-order valence-electron chi connectivity index (χ3n) is 5.08. The van der Waals surface area contributed by atoms with Gasteiger partial charge in [0.2, 0.25) is 0 Å². The van der Waals surface area contributed by atoms with Crippen LogP contribution in [-0.4, -0.2) is 99.1 Å². The predicted octanol–water partition coefficient (Wildman–Crippen LogP) is 1.16.